The van der Waals surface area contributed by atoms with E-state index < -0.39 is 26.5 Å². The van der Waals surface area contributed by atoms with Gasteiger partial charge in [0.2, 0.25) is 11.8 Å². The lowest BCUT2D eigenvalue weighted by Crippen LogP contribution is -2.33. The molecule has 4 atom stereocenters. The summed E-state index contributed by atoms with van der Waals surface area (Å²) < 4.78 is 47.7. The van der Waals surface area contributed by atoms with Crippen molar-refractivity contribution in [3.63, 3.8) is 0 Å². The zero-order valence-corrected chi connectivity index (χ0v) is 45.3. The van der Waals surface area contributed by atoms with Crippen molar-refractivity contribution in [1.29, 1.82) is 0 Å². The number of unbranched alkanes of at least 4 members (excludes halogenated alkanes) is 4. The van der Waals surface area contributed by atoms with Gasteiger partial charge in [-0.25, -0.2) is 4.57 Å². The van der Waals surface area contributed by atoms with E-state index in [2.05, 4.69) is 72.2 Å². The summed E-state index contributed by atoms with van der Waals surface area (Å²) in [5.41, 5.74) is 1.67. The van der Waals surface area contributed by atoms with E-state index in [-0.39, 0.29) is 49.8 Å². The van der Waals surface area contributed by atoms with E-state index in [4.69, 9.17) is 34.9 Å². The Morgan fingerprint density at radius 2 is 1.14 bits per heavy atom. The van der Waals surface area contributed by atoms with Gasteiger partial charge in [-0.1, -0.05) is 99.8 Å². The number of carboxylic acid groups (broad SMARTS) is 1. The second-order valence-electron chi connectivity index (χ2n) is 16.4. The molecule has 404 valence electrons. The minimum atomic E-state index is -3.93. The fraction of sp³-hybridized carbons (Fsp3) is 0.608. The molecule has 0 saturated carbocycles. The number of nitrogens with one attached hydrogen (secondary N) is 3. The maximum atomic E-state index is 12.7. The summed E-state index contributed by atoms with van der Waals surface area (Å²) in [5.74, 6) is 1.53. The van der Waals surface area contributed by atoms with Gasteiger partial charge in [0.25, 0.3) is 6.72 Å². The van der Waals surface area contributed by atoms with Crippen molar-refractivity contribution >= 4 is 49.3 Å². The summed E-state index contributed by atoms with van der Waals surface area (Å²) in [5, 5.41) is 26.6. The van der Waals surface area contributed by atoms with Gasteiger partial charge < -0.3 is 39.4 Å². The van der Waals surface area contributed by atoms with Crippen molar-refractivity contribution in [2.24, 2.45) is 17.8 Å². The maximum Gasteiger partial charge on any atom is 0.459 e. The summed E-state index contributed by atoms with van der Waals surface area (Å²) >= 11 is 5.05. The molecular weight excluding hydrogens is 960 g/mol. The van der Waals surface area contributed by atoms with E-state index in [1.54, 1.807) is 30.3 Å². The van der Waals surface area contributed by atoms with E-state index in [1.165, 1.54) is 41.0 Å². The van der Waals surface area contributed by atoms with Gasteiger partial charge in [0.1, 0.15) is 11.8 Å². The number of carbonyl (C=O) groups is 4. The van der Waals surface area contributed by atoms with Crippen molar-refractivity contribution in [2.75, 3.05) is 35.1 Å². The number of phenolic OH excluding ortho intramolecular Hbond substituents is 1. The smallest absolute Gasteiger partial charge is 0.459 e. The topological polar surface area (TPSA) is 225 Å². The van der Waals surface area contributed by atoms with Gasteiger partial charge in [0.15, 0.2) is 23.0 Å². The van der Waals surface area contributed by atoms with Gasteiger partial charge in [0, 0.05) is 59.2 Å². The molecule has 0 spiro atoms. The number of amides is 2. The third kappa shape index (κ3) is 37.6. The summed E-state index contributed by atoms with van der Waals surface area (Å²) in [6, 6.07) is 8.79. The molecule has 2 aromatic rings. The number of rotatable bonds is 28. The van der Waals surface area contributed by atoms with Gasteiger partial charge in [-0.05, 0) is 110 Å². The highest BCUT2D eigenvalue weighted by Crippen LogP contribution is 2.47. The number of phenols is 1. The van der Waals surface area contributed by atoms with Crippen molar-refractivity contribution in [1.82, 2.24) is 15.7 Å². The Balaban J connectivity index is -0.000000492. The molecule has 0 aliphatic carbocycles. The average molecular weight is 1050 g/mol. The Kier molecular flexibility index (Phi) is 42.9. The average Bonchev–Trinajstić information content (AvgIpc) is 3.30. The van der Waals surface area contributed by atoms with E-state index in [1.807, 2.05) is 20.8 Å². The zero-order chi connectivity index (χ0) is 52.3. The molecular formula is C51H90ClN3O13P2. The molecule has 5 N–H and O–H groups in total. The molecule has 0 aliphatic rings. The molecule has 2 unspecified atom stereocenters. The summed E-state index contributed by atoms with van der Waals surface area (Å²) in [6.45, 7) is 15.2. The zero-order valence-electron chi connectivity index (χ0n) is 42.7. The van der Waals surface area contributed by atoms with Crippen LogP contribution in [0.25, 0.3) is 0 Å². The van der Waals surface area contributed by atoms with E-state index >= 15 is 0 Å². The van der Waals surface area contributed by atoms with Crippen LogP contribution in [0.5, 0.6) is 23.0 Å². The second kappa shape index (κ2) is 41.4. The lowest BCUT2D eigenvalue weighted by molar-refractivity contribution is -0.138. The molecule has 0 fully saturated rings. The number of carboxylic acids is 1. The minimum absolute atomic E-state index is 0. The highest BCUT2D eigenvalue weighted by molar-refractivity contribution is 7.84. The van der Waals surface area contributed by atoms with Crippen LogP contribution in [0.2, 0.25) is 0 Å². The molecule has 0 aliphatic heterocycles. The van der Waals surface area contributed by atoms with Crippen molar-refractivity contribution in [3.05, 3.63) is 71.8 Å². The number of aliphatic carboxylic acids is 1. The van der Waals surface area contributed by atoms with E-state index in [0.29, 0.717) is 55.7 Å². The summed E-state index contributed by atoms with van der Waals surface area (Å²) in [4.78, 5) is 45.6. The Hall–Kier alpha value is -4.17. The minimum Gasteiger partial charge on any atom is -0.504 e. The first-order valence-electron chi connectivity index (χ1n) is 23.0. The molecule has 0 heterocycles. The van der Waals surface area contributed by atoms with Gasteiger partial charge in [-0.2, -0.15) is 5.09 Å². The standard InChI is InChI=1S/C22H35N2O7P.C18H27NO3.C7H14O.C2H6ClO2P.2CH4/c1-16(2)10-8-6-7-9-11-21(25)23-15-18-12-13-19(20(14-18)29-4)31-32(28,30-5)24-17(3)22(26)27;1-14(2)8-6-4-5-7-9-18(21)19-13-15-10-11-16(20)17(12-15)22-3;1-4-6(3)7(8)5-2;1-5-6(2,3)4;;/h8,10,12-14,16-17H,6-7,9,11,15H2,1-5H3,(H,23,25)(H,24,28)(H,26,27);6,8,10-12,14,20H,4-5,7,9,13H2,1-3H3,(H,19,21);6H,4-5H2,1-3H3;1-2H3;2*1H4/b10-8+;8-6+;;;;/t17-,32?;;6-;;;/m0.1.../s1. The van der Waals surface area contributed by atoms with Crippen molar-refractivity contribution < 1.29 is 61.6 Å². The molecule has 0 radical (unpaired) electrons. The number of ether oxygens (including phenoxy) is 2. The van der Waals surface area contributed by atoms with Crippen LogP contribution in [0.15, 0.2) is 60.7 Å². The number of aromatic hydroxyl groups is 1. The second-order valence-corrected chi connectivity index (χ2v) is 21.9. The lowest BCUT2D eigenvalue weighted by Gasteiger charge is -2.21. The van der Waals surface area contributed by atoms with Crippen LogP contribution in [0.3, 0.4) is 0 Å². The maximum absolute atomic E-state index is 12.7. The fourth-order valence-electron chi connectivity index (χ4n) is 5.25. The highest BCUT2D eigenvalue weighted by atomic mass is 35.7. The summed E-state index contributed by atoms with van der Waals surface area (Å²) in [7, 11) is 1.46. The highest BCUT2D eigenvalue weighted by Gasteiger charge is 2.31. The van der Waals surface area contributed by atoms with Gasteiger partial charge in [-0.3, -0.25) is 28.3 Å². The van der Waals surface area contributed by atoms with Crippen LogP contribution in [0.1, 0.15) is 146 Å². The Labute approximate surface area is 426 Å². The number of halogens is 1. The predicted octanol–water partition coefficient (Wildman–Crippen LogP) is 13.0. The van der Waals surface area contributed by atoms with Crippen LogP contribution in [0, 0.1) is 17.8 Å². The largest absolute Gasteiger partial charge is 0.504 e. The Bertz CT molecular complexity index is 1920. The number of ketones is 1. The molecule has 2 amide bonds. The van der Waals surface area contributed by atoms with E-state index in [0.717, 1.165) is 63.2 Å². The van der Waals surface area contributed by atoms with Gasteiger partial charge in [-0.15, -0.1) is 0 Å². The van der Waals surface area contributed by atoms with Crippen LogP contribution >= 0.6 is 25.7 Å². The number of allylic oxidation sites excluding steroid dienone is 4. The van der Waals surface area contributed by atoms with Crippen LogP contribution in [-0.2, 0) is 50.4 Å². The third-order valence-electron chi connectivity index (χ3n) is 9.56. The van der Waals surface area contributed by atoms with Crippen molar-refractivity contribution in [3.8, 4) is 23.0 Å². The molecule has 0 bridgehead atoms. The number of hydrogen-bond acceptors (Lipinski definition) is 12. The number of carbonyl (C=O) groups excluding carboxylic acids is 3. The first-order chi connectivity index (χ1) is 31.9. The molecule has 0 aromatic heterocycles. The quantitative estimate of drug-likeness (QED) is 0.0304. The summed E-state index contributed by atoms with van der Waals surface area (Å²) in [6.07, 6.45) is 17.1. The first kappa shape index (κ1) is 72.4. The lowest BCUT2D eigenvalue weighted by atomic mass is 10.0. The monoisotopic (exact) mass is 1050 g/mol. The number of hydrogen-bond donors (Lipinski definition) is 5. The molecule has 70 heavy (non-hydrogen) atoms. The van der Waals surface area contributed by atoms with Crippen molar-refractivity contribution in [2.45, 2.75) is 154 Å². The third-order valence-corrected chi connectivity index (χ3v) is 12.2. The fourth-order valence-corrected chi connectivity index (χ4v) is 6.48. The number of methoxy groups -OCH3 is 2. The predicted molar refractivity (Wildman–Crippen MR) is 286 cm³/mol. The van der Waals surface area contributed by atoms with Gasteiger partial charge >= 0.3 is 13.7 Å². The molecule has 2 rings (SSSR count). The molecule has 0 saturated heterocycles. The normalized spacial score (nSPS) is 13.2. The number of benzene rings is 2. The van der Waals surface area contributed by atoms with E-state index in [9.17, 15) is 33.4 Å². The SMILES string of the molecule is C.C.CCC(=O)[C@H](C)CC.COP(C)(=O)Cl.COc1cc(CNC(=O)CCCC/C=C/C(C)C)ccc1O.COc1cc(CNC(=O)CCCC/C=C/C(C)C)ccc1OP(=O)(N[C@@H](C)C(=O)O)OC. The Morgan fingerprint density at radius 3 is 1.50 bits per heavy atom. The molecule has 16 nitrogen and oxygen atoms in total. The first-order valence-corrected chi connectivity index (χ1v) is 27.5. The molecule has 19 heteroatoms. The Morgan fingerprint density at radius 1 is 0.700 bits per heavy atom. The number of Topliss-reactive ketones (excluding diaryl/α,β-unsaturated/α-hetero) is 1. The van der Waals surface area contributed by atoms with Crippen LogP contribution in [0.4, 0.5) is 0 Å². The van der Waals surface area contributed by atoms with Gasteiger partial charge in [0.05, 0.1) is 14.2 Å². The van der Waals surface area contributed by atoms with Crippen LogP contribution in [-0.4, -0.2) is 74.9 Å². The van der Waals surface area contributed by atoms with Crippen LogP contribution < -0.4 is 29.7 Å². The molecule has 2 aromatic carbocycles.